The van der Waals surface area contributed by atoms with Gasteiger partial charge in [0.05, 0.1) is 18.4 Å². The average Bonchev–Trinajstić information content (AvgIpc) is 3.27. The van der Waals surface area contributed by atoms with Crippen molar-refractivity contribution >= 4 is 27.3 Å². The van der Waals surface area contributed by atoms with Gasteiger partial charge in [0.1, 0.15) is 28.1 Å². The van der Waals surface area contributed by atoms with Crippen LogP contribution in [0.1, 0.15) is 29.9 Å². The molecule has 0 atom stereocenters. The summed E-state index contributed by atoms with van der Waals surface area (Å²) in [7, 11) is -2.46. The van der Waals surface area contributed by atoms with Gasteiger partial charge >= 0.3 is 5.97 Å². The zero-order valence-electron chi connectivity index (χ0n) is 17.9. The molecule has 3 aromatic rings. The zero-order chi connectivity index (χ0) is 23.3. The monoisotopic (exact) mass is 478 g/mol. The summed E-state index contributed by atoms with van der Waals surface area (Å²) in [6, 6.07) is 10.1. The number of thiazole rings is 1. The first-order chi connectivity index (χ1) is 15.3. The zero-order valence-corrected chi connectivity index (χ0v) is 19.5. The fourth-order valence-corrected chi connectivity index (χ4v) is 5.48. The molecule has 0 spiro atoms. The summed E-state index contributed by atoms with van der Waals surface area (Å²) in [5.74, 6) is -0.863. The highest BCUT2D eigenvalue weighted by atomic mass is 32.2. The van der Waals surface area contributed by atoms with Crippen molar-refractivity contribution < 1.29 is 27.1 Å². The van der Waals surface area contributed by atoms with Crippen LogP contribution in [0.4, 0.5) is 4.39 Å². The van der Waals surface area contributed by atoms with Crippen LogP contribution in [0.3, 0.4) is 0 Å². The van der Waals surface area contributed by atoms with Crippen LogP contribution in [0.15, 0.2) is 52.7 Å². The number of rotatable bonds is 9. The molecule has 0 aliphatic heterocycles. The molecule has 0 saturated carbocycles. The second-order valence-corrected chi connectivity index (χ2v) is 9.45. The van der Waals surface area contributed by atoms with E-state index in [0.29, 0.717) is 10.7 Å². The van der Waals surface area contributed by atoms with Crippen LogP contribution >= 0.6 is 11.3 Å². The number of benzene rings is 2. The van der Waals surface area contributed by atoms with Crippen molar-refractivity contribution in [2.45, 2.75) is 25.3 Å². The highest BCUT2D eigenvalue weighted by molar-refractivity contribution is 7.89. The number of ether oxygens (including phenoxy) is 2. The van der Waals surface area contributed by atoms with Crippen LogP contribution < -0.4 is 4.74 Å². The first-order valence-corrected chi connectivity index (χ1v) is 12.2. The number of halogens is 1. The fraction of sp³-hybridized carbons (Fsp3) is 0.273. The number of carbonyl (C=O) groups excluding carboxylic acids is 1. The Balaban J connectivity index is 1.76. The molecule has 0 amide bonds. The van der Waals surface area contributed by atoms with E-state index in [1.165, 1.54) is 53.1 Å². The predicted octanol–water partition coefficient (Wildman–Crippen LogP) is 4.35. The SMILES string of the molecule is CCN(CC)S(=O)(=O)c1cc(C(=O)OCc2csc(-c3ccc(F)cc3)n2)ccc1OC. The molecule has 3 rings (SSSR count). The topological polar surface area (TPSA) is 85.8 Å². The molecule has 1 heterocycles. The van der Waals surface area contributed by atoms with Gasteiger partial charge in [-0.15, -0.1) is 11.3 Å². The van der Waals surface area contributed by atoms with Gasteiger partial charge in [-0.3, -0.25) is 0 Å². The Labute approximate surface area is 190 Å². The number of sulfonamides is 1. The van der Waals surface area contributed by atoms with Gasteiger partial charge in [-0.2, -0.15) is 4.31 Å². The molecule has 0 unspecified atom stereocenters. The highest BCUT2D eigenvalue weighted by Gasteiger charge is 2.27. The second kappa shape index (κ2) is 10.2. The lowest BCUT2D eigenvalue weighted by Gasteiger charge is -2.20. The standard InChI is InChI=1S/C22H23FN2O5S2/c1-4-25(5-2)32(27,28)20-12-16(8-11-19(20)29-3)22(26)30-13-18-14-31-21(24-18)15-6-9-17(23)10-7-15/h6-12,14H,4-5,13H2,1-3H3. The minimum absolute atomic E-state index is 0.0827. The number of aromatic nitrogens is 1. The van der Waals surface area contributed by atoms with E-state index in [2.05, 4.69) is 4.98 Å². The van der Waals surface area contributed by atoms with Crippen LogP contribution in [-0.4, -0.2) is 43.9 Å². The maximum atomic E-state index is 13.1. The molecule has 32 heavy (non-hydrogen) atoms. The van der Waals surface area contributed by atoms with Crippen LogP contribution in [0.25, 0.3) is 10.6 Å². The number of hydrogen-bond acceptors (Lipinski definition) is 7. The molecule has 0 fully saturated rings. The molecule has 2 aromatic carbocycles. The van der Waals surface area contributed by atoms with Crippen molar-refractivity contribution in [1.82, 2.24) is 9.29 Å². The average molecular weight is 479 g/mol. The first-order valence-electron chi connectivity index (χ1n) is 9.85. The predicted molar refractivity (Wildman–Crippen MR) is 120 cm³/mol. The third kappa shape index (κ3) is 5.14. The Bertz CT molecular complexity index is 1190. The van der Waals surface area contributed by atoms with Gasteiger partial charge in [0, 0.05) is 24.0 Å². The van der Waals surface area contributed by atoms with Crippen LogP contribution in [0.2, 0.25) is 0 Å². The molecular formula is C22H23FN2O5S2. The van der Waals surface area contributed by atoms with E-state index in [0.717, 1.165) is 5.56 Å². The van der Waals surface area contributed by atoms with E-state index < -0.39 is 16.0 Å². The number of carbonyl (C=O) groups is 1. The number of esters is 1. The molecule has 0 bridgehead atoms. The molecule has 10 heteroatoms. The Morgan fingerprint density at radius 1 is 1.12 bits per heavy atom. The van der Waals surface area contributed by atoms with E-state index in [1.807, 2.05) is 0 Å². The van der Waals surface area contributed by atoms with Crippen molar-refractivity contribution in [3.05, 3.63) is 64.9 Å². The van der Waals surface area contributed by atoms with E-state index in [9.17, 15) is 17.6 Å². The summed E-state index contributed by atoms with van der Waals surface area (Å²) < 4.78 is 50.8. The van der Waals surface area contributed by atoms with Gasteiger partial charge in [-0.25, -0.2) is 22.6 Å². The Hall–Kier alpha value is -2.82. The van der Waals surface area contributed by atoms with E-state index in [4.69, 9.17) is 9.47 Å². The molecule has 1 aromatic heterocycles. The van der Waals surface area contributed by atoms with E-state index >= 15 is 0 Å². The molecule has 0 aliphatic rings. The molecule has 0 N–H and O–H groups in total. The van der Waals surface area contributed by atoms with Crippen molar-refractivity contribution in [2.24, 2.45) is 0 Å². The van der Waals surface area contributed by atoms with Crippen LogP contribution in [0, 0.1) is 5.82 Å². The van der Waals surface area contributed by atoms with Gasteiger partial charge in [-0.05, 0) is 42.5 Å². The molecule has 0 saturated heterocycles. The van der Waals surface area contributed by atoms with Gasteiger partial charge in [-0.1, -0.05) is 13.8 Å². The highest BCUT2D eigenvalue weighted by Crippen LogP contribution is 2.29. The van der Waals surface area contributed by atoms with Crippen molar-refractivity contribution in [3.63, 3.8) is 0 Å². The smallest absolute Gasteiger partial charge is 0.338 e. The number of hydrogen-bond donors (Lipinski definition) is 0. The van der Waals surface area contributed by atoms with Gasteiger partial charge in [0.15, 0.2) is 0 Å². The second-order valence-electron chi connectivity index (χ2n) is 6.68. The third-order valence-electron chi connectivity index (χ3n) is 4.72. The molecule has 170 valence electrons. The molecule has 0 radical (unpaired) electrons. The summed E-state index contributed by atoms with van der Waals surface area (Å²) in [6.07, 6.45) is 0. The van der Waals surface area contributed by atoms with Gasteiger partial charge < -0.3 is 9.47 Å². The van der Waals surface area contributed by atoms with E-state index in [1.54, 1.807) is 31.4 Å². The maximum absolute atomic E-state index is 13.1. The van der Waals surface area contributed by atoms with E-state index in [-0.39, 0.29) is 41.7 Å². The lowest BCUT2D eigenvalue weighted by Crippen LogP contribution is -2.31. The lowest BCUT2D eigenvalue weighted by atomic mass is 10.2. The molecule has 0 aliphatic carbocycles. The normalized spacial score (nSPS) is 11.5. The number of methoxy groups -OCH3 is 1. The first kappa shape index (κ1) is 23.8. The Morgan fingerprint density at radius 2 is 1.81 bits per heavy atom. The summed E-state index contributed by atoms with van der Waals surface area (Å²) in [5.41, 5.74) is 1.38. The largest absolute Gasteiger partial charge is 0.495 e. The van der Waals surface area contributed by atoms with Crippen LogP contribution in [0.5, 0.6) is 5.75 Å². The minimum Gasteiger partial charge on any atom is -0.495 e. The Morgan fingerprint density at radius 3 is 2.44 bits per heavy atom. The van der Waals surface area contributed by atoms with Crippen LogP contribution in [-0.2, 0) is 21.4 Å². The molecule has 7 nitrogen and oxygen atoms in total. The summed E-state index contributed by atoms with van der Waals surface area (Å²) in [4.78, 5) is 16.9. The Kier molecular flexibility index (Phi) is 7.60. The maximum Gasteiger partial charge on any atom is 0.338 e. The fourth-order valence-electron chi connectivity index (χ4n) is 3.03. The van der Waals surface area contributed by atoms with Gasteiger partial charge in [0.2, 0.25) is 10.0 Å². The quantitative estimate of drug-likeness (QED) is 0.425. The molecular weight excluding hydrogens is 455 g/mol. The summed E-state index contributed by atoms with van der Waals surface area (Å²) in [5, 5.41) is 2.42. The van der Waals surface area contributed by atoms with Crippen molar-refractivity contribution in [3.8, 4) is 16.3 Å². The number of nitrogens with zero attached hydrogens (tertiary/aromatic N) is 2. The summed E-state index contributed by atoms with van der Waals surface area (Å²) >= 11 is 1.35. The summed E-state index contributed by atoms with van der Waals surface area (Å²) in [6.45, 7) is 3.97. The minimum atomic E-state index is -3.83. The lowest BCUT2D eigenvalue weighted by molar-refractivity contribution is 0.0468. The van der Waals surface area contributed by atoms with Crippen molar-refractivity contribution in [1.29, 1.82) is 0 Å². The third-order valence-corrected chi connectivity index (χ3v) is 7.73. The van der Waals surface area contributed by atoms with Crippen molar-refractivity contribution in [2.75, 3.05) is 20.2 Å². The van der Waals surface area contributed by atoms with Gasteiger partial charge in [0.25, 0.3) is 0 Å².